The summed E-state index contributed by atoms with van der Waals surface area (Å²) >= 11 is 0. The van der Waals surface area contributed by atoms with E-state index in [1.54, 1.807) is 44.6 Å². The summed E-state index contributed by atoms with van der Waals surface area (Å²) < 4.78 is 15.0. The van der Waals surface area contributed by atoms with Crippen molar-refractivity contribution < 1.29 is 14.3 Å². The van der Waals surface area contributed by atoms with Crippen LogP contribution in [0.25, 0.3) is 22.0 Å². The Balaban J connectivity index is 1.80. The van der Waals surface area contributed by atoms with Crippen molar-refractivity contribution in [2.24, 2.45) is 7.05 Å². The first-order valence-electron chi connectivity index (χ1n) is 9.38. The molecule has 30 heavy (non-hydrogen) atoms. The Morgan fingerprint density at radius 1 is 1.20 bits per heavy atom. The molecular formula is C23H20FN3O3. The number of rotatable bonds is 4. The number of carbonyl (C=O) groups is 1. The van der Waals surface area contributed by atoms with Crippen LogP contribution in [0.1, 0.15) is 21.5 Å². The summed E-state index contributed by atoms with van der Waals surface area (Å²) in [5.41, 5.74) is 3.43. The zero-order chi connectivity index (χ0) is 21.4. The molecular weight excluding hydrogens is 385 g/mol. The summed E-state index contributed by atoms with van der Waals surface area (Å²) in [4.78, 5) is 28.0. The minimum atomic E-state index is -0.405. The topological polar surface area (TPSA) is 87.1 Å². The highest BCUT2D eigenvalue weighted by atomic mass is 19.1. The summed E-state index contributed by atoms with van der Waals surface area (Å²) in [6.07, 6.45) is 3.40. The lowest BCUT2D eigenvalue weighted by Crippen LogP contribution is -2.17. The number of amides is 1. The number of anilines is 1. The number of nitrogens with one attached hydrogen (secondary N) is 2. The smallest absolute Gasteiger partial charge is 0.274 e. The van der Waals surface area contributed by atoms with Gasteiger partial charge in [0.1, 0.15) is 11.3 Å². The van der Waals surface area contributed by atoms with Gasteiger partial charge in [0.2, 0.25) is 0 Å². The molecule has 7 heteroatoms. The Kier molecular flexibility index (Phi) is 4.97. The number of benzene rings is 2. The molecule has 0 aliphatic rings. The van der Waals surface area contributed by atoms with E-state index >= 15 is 0 Å². The number of aromatic amines is 1. The summed E-state index contributed by atoms with van der Waals surface area (Å²) in [6.45, 7) is 1.27. The van der Waals surface area contributed by atoms with E-state index < -0.39 is 5.91 Å². The summed E-state index contributed by atoms with van der Waals surface area (Å²) in [6, 6.07) is 11.2. The molecule has 0 saturated carbocycles. The molecule has 0 fully saturated rings. The second-order valence-electron chi connectivity index (χ2n) is 7.13. The number of H-pyrrole nitrogens is 1. The number of carbonyl (C=O) groups excluding carboxylic acids is 1. The van der Waals surface area contributed by atoms with E-state index in [9.17, 15) is 19.1 Å². The zero-order valence-corrected chi connectivity index (χ0v) is 16.5. The SMILES string of the molecule is Cc1cc(C(=O)Nc2cccc(-c3cn(C)c(=O)c4[nH]ccc34)c2CO)ccc1F. The molecule has 0 aliphatic heterocycles. The van der Waals surface area contributed by atoms with Crippen molar-refractivity contribution in [2.75, 3.05) is 5.32 Å². The van der Waals surface area contributed by atoms with Crippen LogP contribution in [0, 0.1) is 12.7 Å². The molecule has 0 atom stereocenters. The Morgan fingerprint density at radius 3 is 2.73 bits per heavy atom. The summed E-state index contributed by atoms with van der Waals surface area (Å²) in [5.74, 6) is -0.785. The number of hydrogen-bond donors (Lipinski definition) is 3. The van der Waals surface area contributed by atoms with Crippen molar-refractivity contribution in [3.8, 4) is 11.1 Å². The highest BCUT2D eigenvalue weighted by Crippen LogP contribution is 2.33. The number of hydrogen-bond acceptors (Lipinski definition) is 3. The third-order valence-electron chi connectivity index (χ3n) is 5.19. The van der Waals surface area contributed by atoms with Gasteiger partial charge in [0, 0.05) is 47.2 Å². The normalized spacial score (nSPS) is 11.1. The second-order valence-corrected chi connectivity index (χ2v) is 7.13. The molecule has 152 valence electrons. The van der Waals surface area contributed by atoms with Crippen LogP contribution in [0.2, 0.25) is 0 Å². The molecule has 0 radical (unpaired) electrons. The number of aliphatic hydroxyl groups excluding tert-OH is 1. The minimum absolute atomic E-state index is 0.152. The van der Waals surface area contributed by atoms with Crippen LogP contribution in [0.4, 0.5) is 10.1 Å². The van der Waals surface area contributed by atoms with Crippen molar-refractivity contribution in [2.45, 2.75) is 13.5 Å². The van der Waals surface area contributed by atoms with E-state index in [4.69, 9.17) is 0 Å². The summed E-state index contributed by atoms with van der Waals surface area (Å²) in [5, 5.41) is 13.6. The maximum absolute atomic E-state index is 13.5. The fraction of sp³-hybridized carbons (Fsp3) is 0.130. The number of nitrogens with zero attached hydrogens (tertiary/aromatic N) is 1. The monoisotopic (exact) mass is 405 g/mol. The predicted octanol–water partition coefficient (Wildman–Crippen LogP) is 3.73. The quantitative estimate of drug-likeness (QED) is 0.484. The second kappa shape index (κ2) is 7.61. The Morgan fingerprint density at radius 2 is 2.00 bits per heavy atom. The zero-order valence-electron chi connectivity index (χ0n) is 16.5. The van der Waals surface area contributed by atoms with Crippen LogP contribution in [0.15, 0.2) is 59.7 Å². The van der Waals surface area contributed by atoms with Gasteiger partial charge in [0.25, 0.3) is 11.5 Å². The van der Waals surface area contributed by atoms with Gasteiger partial charge in [0.05, 0.1) is 6.61 Å². The highest BCUT2D eigenvalue weighted by molar-refractivity contribution is 6.05. The Bertz CT molecular complexity index is 1340. The van der Waals surface area contributed by atoms with Gasteiger partial charge in [-0.15, -0.1) is 0 Å². The number of pyridine rings is 1. The molecule has 0 saturated heterocycles. The van der Waals surface area contributed by atoms with Gasteiger partial charge in [-0.25, -0.2) is 4.39 Å². The van der Waals surface area contributed by atoms with Gasteiger partial charge < -0.3 is 20.0 Å². The first-order valence-corrected chi connectivity index (χ1v) is 9.38. The fourth-order valence-corrected chi connectivity index (χ4v) is 3.59. The minimum Gasteiger partial charge on any atom is -0.392 e. The van der Waals surface area contributed by atoms with Crippen molar-refractivity contribution in [1.29, 1.82) is 0 Å². The Labute approximate surface area is 171 Å². The molecule has 2 aromatic heterocycles. The number of aromatic nitrogens is 2. The Hall–Kier alpha value is -3.71. The van der Waals surface area contributed by atoms with Crippen LogP contribution >= 0.6 is 0 Å². The average Bonchev–Trinajstić information content (AvgIpc) is 3.22. The first-order chi connectivity index (χ1) is 14.4. The third kappa shape index (κ3) is 3.29. The van der Waals surface area contributed by atoms with Crippen molar-refractivity contribution in [1.82, 2.24) is 9.55 Å². The molecule has 3 N–H and O–H groups in total. The number of aliphatic hydroxyl groups is 1. The molecule has 4 aromatic rings. The molecule has 1 amide bonds. The lowest BCUT2D eigenvalue weighted by Gasteiger charge is -2.16. The van der Waals surface area contributed by atoms with E-state index in [1.165, 1.54) is 22.8 Å². The van der Waals surface area contributed by atoms with E-state index in [2.05, 4.69) is 10.3 Å². The van der Waals surface area contributed by atoms with Crippen molar-refractivity contribution in [3.63, 3.8) is 0 Å². The van der Waals surface area contributed by atoms with Gasteiger partial charge in [-0.2, -0.15) is 0 Å². The van der Waals surface area contributed by atoms with E-state index in [-0.39, 0.29) is 18.0 Å². The molecule has 0 spiro atoms. The van der Waals surface area contributed by atoms with Gasteiger partial charge in [-0.1, -0.05) is 12.1 Å². The molecule has 2 heterocycles. The van der Waals surface area contributed by atoms with Gasteiger partial charge >= 0.3 is 0 Å². The highest BCUT2D eigenvalue weighted by Gasteiger charge is 2.17. The standard InChI is InChI=1S/C23H20FN3O3/c1-13-10-14(6-7-19(13)24)22(29)26-20-5-3-4-15(18(20)12-28)17-11-27(2)23(30)21-16(17)8-9-25-21/h3-11,25,28H,12H2,1-2H3,(H,26,29). The van der Waals surface area contributed by atoms with E-state index in [0.29, 0.717) is 33.5 Å². The van der Waals surface area contributed by atoms with Gasteiger partial charge in [-0.3, -0.25) is 9.59 Å². The van der Waals surface area contributed by atoms with Gasteiger partial charge in [-0.05, 0) is 48.4 Å². The lowest BCUT2D eigenvalue weighted by atomic mass is 9.97. The average molecular weight is 405 g/mol. The molecule has 6 nitrogen and oxygen atoms in total. The molecule has 0 bridgehead atoms. The van der Waals surface area contributed by atoms with E-state index in [1.807, 2.05) is 6.07 Å². The maximum Gasteiger partial charge on any atom is 0.274 e. The third-order valence-corrected chi connectivity index (χ3v) is 5.19. The van der Waals surface area contributed by atoms with Crippen molar-refractivity contribution >= 4 is 22.5 Å². The fourth-order valence-electron chi connectivity index (χ4n) is 3.59. The van der Waals surface area contributed by atoms with Crippen LogP contribution in [0.5, 0.6) is 0 Å². The largest absolute Gasteiger partial charge is 0.392 e. The van der Waals surface area contributed by atoms with Crippen LogP contribution in [-0.2, 0) is 13.7 Å². The van der Waals surface area contributed by atoms with Crippen LogP contribution in [0.3, 0.4) is 0 Å². The molecule has 0 unspecified atom stereocenters. The molecule has 0 aliphatic carbocycles. The first kappa shape index (κ1) is 19.6. The molecule has 2 aromatic carbocycles. The summed E-state index contributed by atoms with van der Waals surface area (Å²) in [7, 11) is 1.66. The van der Waals surface area contributed by atoms with Crippen LogP contribution in [-0.4, -0.2) is 20.6 Å². The number of fused-ring (bicyclic) bond motifs is 1. The van der Waals surface area contributed by atoms with E-state index in [0.717, 1.165) is 10.9 Å². The van der Waals surface area contributed by atoms with Crippen molar-refractivity contribution in [3.05, 3.63) is 87.7 Å². The molecule has 4 rings (SSSR count). The predicted molar refractivity (Wildman–Crippen MR) is 114 cm³/mol. The van der Waals surface area contributed by atoms with Gasteiger partial charge in [0.15, 0.2) is 0 Å². The number of halogens is 1. The van der Waals surface area contributed by atoms with Crippen LogP contribution < -0.4 is 10.9 Å². The maximum atomic E-state index is 13.5. The number of aryl methyl sites for hydroxylation is 2. The lowest BCUT2D eigenvalue weighted by molar-refractivity contribution is 0.102.